The first-order chi connectivity index (χ1) is 14.5. The van der Waals surface area contributed by atoms with Crippen LogP contribution < -0.4 is 0 Å². The Hall–Kier alpha value is -1.48. The third-order valence-electron chi connectivity index (χ3n) is 7.00. The van der Waals surface area contributed by atoms with Crippen LogP contribution >= 0.6 is 0 Å². The van der Waals surface area contributed by atoms with Gasteiger partial charge in [0.15, 0.2) is 0 Å². The molecule has 2 aliphatic rings. The maximum Gasteiger partial charge on any atom is 0.308 e. The van der Waals surface area contributed by atoms with Crippen molar-refractivity contribution >= 4 is 11.9 Å². The molecule has 0 radical (unpaired) electrons. The molecule has 1 fully saturated rings. The van der Waals surface area contributed by atoms with Gasteiger partial charge in [0.25, 0.3) is 0 Å². The number of ether oxygens (including phenoxy) is 1. The van der Waals surface area contributed by atoms with Gasteiger partial charge in [-0.3, -0.25) is 9.59 Å². The van der Waals surface area contributed by atoms with E-state index in [0.29, 0.717) is 37.7 Å². The summed E-state index contributed by atoms with van der Waals surface area (Å²) in [5, 5.41) is 50.0. The van der Waals surface area contributed by atoms with Crippen LogP contribution in [0.4, 0.5) is 0 Å². The lowest BCUT2D eigenvalue weighted by molar-refractivity contribution is -0.160. The molecule has 0 aromatic heterocycles. The Morgan fingerprint density at radius 3 is 2.48 bits per heavy atom. The summed E-state index contributed by atoms with van der Waals surface area (Å²) in [5.41, 5.74) is 0.698. The summed E-state index contributed by atoms with van der Waals surface area (Å²) in [6, 6.07) is 0. The zero-order chi connectivity index (χ0) is 23.3. The predicted molar refractivity (Wildman–Crippen MR) is 113 cm³/mol. The van der Waals surface area contributed by atoms with Crippen LogP contribution in [0.1, 0.15) is 65.7 Å². The third-order valence-corrected chi connectivity index (χ3v) is 7.00. The molecule has 0 heterocycles. The number of aliphatic carboxylic acids is 1. The van der Waals surface area contributed by atoms with Crippen molar-refractivity contribution in [2.24, 2.45) is 23.7 Å². The zero-order valence-corrected chi connectivity index (χ0v) is 18.7. The molecule has 31 heavy (non-hydrogen) atoms. The van der Waals surface area contributed by atoms with Crippen LogP contribution in [0, 0.1) is 23.7 Å². The molecule has 9 unspecified atom stereocenters. The Labute approximate surface area is 183 Å². The number of carboxylic acid groups (broad SMARTS) is 1. The monoisotopic (exact) mass is 442 g/mol. The molecule has 0 aliphatic heterocycles. The van der Waals surface area contributed by atoms with Gasteiger partial charge in [-0.25, -0.2) is 0 Å². The first-order valence-electron chi connectivity index (χ1n) is 11.4. The number of carbonyl (C=O) groups excluding carboxylic acids is 1. The van der Waals surface area contributed by atoms with Crippen LogP contribution in [0.25, 0.3) is 0 Å². The molecule has 178 valence electrons. The molecule has 2 aliphatic carbocycles. The first kappa shape index (κ1) is 25.8. The number of aliphatic hydroxyl groups is 4. The normalized spacial score (nSPS) is 33.6. The van der Waals surface area contributed by atoms with Crippen molar-refractivity contribution in [3.8, 4) is 0 Å². The predicted octanol–water partition coefficient (Wildman–Crippen LogP) is 1.64. The summed E-state index contributed by atoms with van der Waals surface area (Å²) in [6.45, 7) is 5.65. The molecule has 1 saturated carbocycles. The molecule has 8 heteroatoms. The van der Waals surface area contributed by atoms with Crippen LogP contribution in [0.5, 0.6) is 0 Å². The van der Waals surface area contributed by atoms with Gasteiger partial charge in [0.1, 0.15) is 6.10 Å². The number of fused-ring (bicyclic) bond motifs is 1. The van der Waals surface area contributed by atoms with E-state index in [0.717, 1.165) is 0 Å². The van der Waals surface area contributed by atoms with Gasteiger partial charge in [0.2, 0.25) is 0 Å². The number of aliphatic hydroxyl groups excluding tert-OH is 4. The van der Waals surface area contributed by atoms with Crippen molar-refractivity contribution in [3.05, 3.63) is 11.6 Å². The number of hydrogen-bond donors (Lipinski definition) is 5. The van der Waals surface area contributed by atoms with Crippen LogP contribution in [0.3, 0.4) is 0 Å². The Kier molecular flexibility index (Phi) is 9.48. The lowest BCUT2D eigenvalue weighted by atomic mass is 9.62. The van der Waals surface area contributed by atoms with Gasteiger partial charge in [0.05, 0.1) is 36.8 Å². The van der Waals surface area contributed by atoms with Gasteiger partial charge < -0.3 is 30.3 Å². The topological polar surface area (TPSA) is 145 Å². The number of carboxylic acids is 1. The highest BCUT2D eigenvalue weighted by Gasteiger charge is 2.47. The Morgan fingerprint density at radius 2 is 1.87 bits per heavy atom. The molecular weight excluding hydrogens is 404 g/mol. The van der Waals surface area contributed by atoms with Crippen molar-refractivity contribution in [2.75, 3.05) is 0 Å². The van der Waals surface area contributed by atoms with E-state index < -0.39 is 42.9 Å². The van der Waals surface area contributed by atoms with Gasteiger partial charge in [-0.05, 0) is 55.9 Å². The van der Waals surface area contributed by atoms with Crippen molar-refractivity contribution in [2.45, 2.75) is 96.2 Å². The Balaban J connectivity index is 2.14. The minimum absolute atomic E-state index is 0.0433. The maximum absolute atomic E-state index is 12.5. The standard InChI is InChI=1S/C23H38O8/c1-4-12(2)23(30)31-20-8-7-18(26)17-11-19(27)13(3)16(22(17)20)6-5-14(24)9-15(25)10-21(28)29/h11-16,18-20,22,24-27H,4-10H2,1-3H3,(H,28,29). The van der Waals surface area contributed by atoms with Gasteiger partial charge in [-0.15, -0.1) is 0 Å². The van der Waals surface area contributed by atoms with E-state index in [4.69, 9.17) is 9.84 Å². The first-order valence-corrected chi connectivity index (χ1v) is 11.4. The zero-order valence-electron chi connectivity index (χ0n) is 18.7. The summed E-state index contributed by atoms with van der Waals surface area (Å²) in [5.74, 6) is -2.16. The van der Waals surface area contributed by atoms with E-state index in [1.54, 1.807) is 6.08 Å². The summed E-state index contributed by atoms with van der Waals surface area (Å²) in [6.07, 6.45) is -0.174. The van der Waals surface area contributed by atoms with Crippen LogP contribution in [0.2, 0.25) is 0 Å². The molecule has 0 bridgehead atoms. The number of rotatable bonds is 10. The van der Waals surface area contributed by atoms with Gasteiger partial charge in [0, 0.05) is 5.92 Å². The fourth-order valence-electron chi connectivity index (χ4n) is 4.89. The second-order valence-corrected chi connectivity index (χ2v) is 9.30. The van der Waals surface area contributed by atoms with E-state index in [1.807, 2.05) is 20.8 Å². The van der Waals surface area contributed by atoms with Crippen molar-refractivity contribution in [1.29, 1.82) is 0 Å². The molecule has 8 nitrogen and oxygen atoms in total. The number of hydrogen-bond acceptors (Lipinski definition) is 7. The molecule has 0 aromatic carbocycles. The van der Waals surface area contributed by atoms with E-state index in [-0.39, 0.29) is 36.1 Å². The summed E-state index contributed by atoms with van der Waals surface area (Å²) in [7, 11) is 0. The molecule has 5 N–H and O–H groups in total. The minimum Gasteiger partial charge on any atom is -0.481 e. The van der Waals surface area contributed by atoms with E-state index in [1.165, 1.54) is 0 Å². The fourth-order valence-corrected chi connectivity index (χ4v) is 4.89. The molecule has 0 amide bonds. The Bertz CT molecular complexity index is 647. The van der Waals surface area contributed by atoms with Crippen LogP contribution in [-0.2, 0) is 14.3 Å². The Morgan fingerprint density at radius 1 is 1.19 bits per heavy atom. The highest BCUT2D eigenvalue weighted by Crippen LogP contribution is 2.46. The number of carbonyl (C=O) groups is 2. The highest BCUT2D eigenvalue weighted by atomic mass is 16.5. The molecule has 9 atom stereocenters. The molecule has 2 rings (SSSR count). The summed E-state index contributed by atoms with van der Waals surface area (Å²) >= 11 is 0. The van der Waals surface area contributed by atoms with Gasteiger partial charge in [-0.2, -0.15) is 0 Å². The second-order valence-electron chi connectivity index (χ2n) is 9.30. The molecule has 0 saturated heterocycles. The average Bonchev–Trinajstić information content (AvgIpc) is 2.69. The SMILES string of the molecule is CCC(C)C(=O)OC1CCC(O)C2=CC(O)C(C)C(CCC(O)CC(O)CC(=O)O)C21. The largest absolute Gasteiger partial charge is 0.481 e. The quantitative estimate of drug-likeness (QED) is 0.254. The van der Waals surface area contributed by atoms with Crippen molar-refractivity contribution in [3.63, 3.8) is 0 Å². The molecule has 0 aromatic rings. The summed E-state index contributed by atoms with van der Waals surface area (Å²) in [4.78, 5) is 23.2. The fraction of sp³-hybridized carbons (Fsp3) is 0.826. The van der Waals surface area contributed by atoms with Crippen molar-refractivity contribution < 1.29 is 39.9 Å². The minimum atomic E-state index is -1.13. The average molecular weight is 443 g/mol. The van der Waals surface area contributed by atoms with Crippen LogP contribution in [0.15, 0.2) is 11.6 Å². The molecular formula is C23H38O8. The highest BCUT2D eigenvalue weighted by molar-refractivity contribution is 5.72. The third kappa shape index (κ3) is 6.75. The second kappa shape index (κ2) is 11.4. The van der Waals surface area contributed by atoms with Gasteiger partial charge in [-0.1, -0.05) is 26.8 Å². The number of esters is 1. The maximum atomic E-state index is 12.5. The lowest BCUT2D eigenvalue weighted by Gasteiger charge is -2.47. The van der Waals surface area contributed by atoms with E-state index in [9.17, 15) is 30.0 Å². The van der Waals surface area contributed by atoms with Crippen molar-refractivity contribution in [1.82, 2.24) is 0 Å². The lowest BCUT2D eigenvalue weighted by Crippen LogP contribution is -2.48. The van der Waals surface area contributed by atoms with E-state index in [2.05, 4.69) is 0 Å². The van der Waals surface area contributed by atoms with Gasteiger partial charge >= 0.3 is 11.9 Å². The summed E-state index contributed by atoms with van der Waals surface area (Å²) < 4.78 is 5.85. The molecule has 0 spiro atoms. The smallest absolute Gasteiger partial charge is 0.308 e. The van der Waals surface area contributed by atoms with Crippen LogP contribution in [-0.4, -0.2) is 68.0 Å². The van der Waals surface area contributed by atoms with E-state index >= 15 is 0 Å².